The number of rotatable bonds is 5. The first kappa shape index (κ1) is 22.5. The normalized spacial score (nSPS) is 11.8. The van der Waals surface area contributed by atoms with E-state index in [0.717, 1.165) is 0 Å². The Bertz CT molecular complexity index is 880. The van der Waals surface area contributed by atoms with Crippen LogP contribution in [0, 0.1) is 0 Å². The Morgan fingerprint density at radius 2 is 1.28 bits per heavy atom. The van der Waals surface area contributed by atoms with Gasteiger partial charge in [0.25, 0.3) is 11.8 Å². The molecule has 4 nitrogen and oxygen atoms in total. The van der Waals surface area contributed by atoms with Gasteiger partial charge >= 0.3 is 12.4 Å². The minimum absolute atomic E-state index is 0.0688. The zero-order valence-corrected chi connectivity index (χ0v) is 15.2. The van der Waals surface area contributed by atoms with Crippen molar-refractivity contribution in [3.05, 3.63) is 69.7 Å². The van der Waals surface area contributed by atoms with Gasteiger partial charge in [-0.15, -0.1) is 0 Å². The quantitative estimate of drug-likeness (QED) is 0.532. The van der Waals surface area contributed by atoms with E-state index in [1.807, 2.05) is 0 Å². The predicted octanol–water partition coefficient (Wildman–Crippen LogP) is 4.54. The van der Waals surface area contributed by atoms with Crippen molar-refractivity contribution in [2.45, 2.75) is 12.4 Å². The van der Waals surface area contributed by atoms with E-state index in [1.54, 1.807) is 12.1 Å². The van der Waals surface area contributed by atoms with Crippen molar-refractivity contribution in [3.63, 3.8) is 0 Å². The summed E-state index contributed by atoms with van der Waals surface area (Å²) in [7, 11) is 0. The average molecular weight is 439 g/mol. The third-order valence-electron chi connectivity index (χ3n) is 3.66. The number of benzene rings is 2. The summed E-state index contributed by atoms with van der Waals surface area (Å²) in [6.45, 7) is -0.354. The van der Waals surface area contributed by atoms with Gasteiger partial charge in [-0.2, -0.15) is 26.3 Å². The van der Waals surface area contributed by atoms with Crippen LogP contribution in [0.15, 0.2) is 42.5 Å². The van der Waals surface area contributed by atoms with Crippen LogP contribution in [-0.2, 0) is 12.4 Å². The van der Waals surface area contributed by atoms with Gasteiger partial charge in [0.1, 0.15) is 0 Å². The molecule has 2 rings (SSSR count). The number of carbonyl (C=O) groups is 2. The molecule has 2 N–H and O–H groups in total. The van der Waals surface area contributed by atoms with Crippen molar-refractivity contribution < 1.29 is 35.9 Å². The molecule has 156 valence electrons. The number of hydrogen-bond acceptors (Lipinski definition) is 2. The van der Waals surface area contributed by atoms with Crippen molar-refractivity contribution in [1.82, 2.24) is 10.6 Å². The maximum absolute atomic E-state index is 12.8. The number of hydrogen-bond donors (Lipinski definition) is 2. The van der Waals surface area contributed by atoms with Crippen molar-refractivity contribution in [3.8, 4) is 0 Å². The first-order valence-electron chi connectivity index (χ1n) is 8.00. The smallest absolute Gasteiger partial charge is 0.350 e. The van der Waals surface area contributed by atoms with E-state index >= 15 is 0 Å². The molecule has 0 aliphatic rings. The molecular weight excluding hydrogens is 426 g/mol. The molecule has 11 heteroatoms. The molecule has 0 aromatic heterocycles. The molecule has 0 fully saturated rings. The van der Waals surface area contributed by atoms with E-state index in [-0.39, 0.29) is 29.7 Å². The first-order chi connectivity index (χ1) is 13.4. The zero-order chi connectivity index (χ0) is 21.8. The van der Waals surface area contributed by atoms with Crippen LogP contribution in [0.3, 0.4) is 0 Å². The van der Waals surface area contributed by atoms with Crippen LogP contribution in [0.4, 0.5) is 26.3 Å². The molecule has 0 saturated heterocycles. The SMILES string of the molecule is O=C(NCCNC(=O)c1ccccc1Cl)c1cc(C(F)(F)F)cc(C(F)(F)F)c1. The number of nitrogens with one attached hydrogen (secondary N) is 2. The topological polar surface area (TPSA) is 58.2 Å². The lowest BCUT2D eigenvalue weighted by Crippen LogP contribution is -2.35. The highest BCUT2D eigenvalue weighted by atomic mass is 35.5. The average Bonchev–Trinajstić information content (AvgIpc) is 2.63. The Morgan fingerprint density at radius 3 is 1.76 bits per heavy atom. The molecule has 0 radical (unpaired) electrons. The van der Waals surface area contributed by atoms with Gasteiger partial charge in [-0.05, 0) is 30.3 Å². The third-order valence-corrected chi connectivity index (χ3v) is 3.99. The van der Waals surface area contributed by atoms with Crippen LogP contribution in [0.1, 0.15) is 31.8 Å². The van der Waals surface area contributed by atoms with Crippen molar-refractivity contribution in [1.29, 1.82) is 0 Å². The van der Waals surface area contributed by atoms with Crippen LogP contribution in [-0.4, -0.2) is 24.9 Å². The monoisotopic (exact) mass is 438 g/mol. The molecule has 0 atom stereocenters. The lowest BCUT2D eigenvalue weighted by Gasteiger charge is -2.14. The second kappa shape index (κ2) is 8.73. The van der Waals surface area contributed by atoms with Gasteiger partial charge in [0.15, 0.2) is 0 Å². The Morgan fingerprint density at radius 1 is 0.793 bits per heavy atom. The van der Waals surface area contributed by atoms with E-state index in [0.29, 0.717) is 12.1 Å². The first-order valence-corrected chi connectivity index (χ1v) is 8.38. The van der Waals surface area contributed by atoms with Crippen LogP contribution in [0.5, 0.6) is 0 Å². The van der Waals surface area contributed by atoms with Crippen LogP contribution in [0.25, 0.3) is 0 Å². The van der Waals surface area contributed by atoms with E-state index in [1.165, 1.54) is 12.1 Å². The van der Waals surface area contributed by atoms with Crippen LogP contribution in [0.2, 0.25) is 5.02 Å². The number of alkyl halides is 6. The highest BCUT2D eigenvalue weighted by Gasteiger charge is 2.37. The number of carbonyl (C=O) groups excluding carboxylic acids is 2. The molecule has 0 spiro atoms. The third kappa shape index (κ3) is 6.11. The summed E-state index contributed by atoms with van der Waals surface area (Å²) in [4.78, 5) is 23.9. The summed E-state index contributed by atoms with van der Waals surface area (Å²) in [6.07, 6.45) is -10.1. The number of amides is 2. The standard InChI is InChI=1S/C18H13ClF6N2O2/c19-14-4-2-1-3-13(14)16(29)27-6-5-26-15(28)10-7-11(17(20,21)22)9-12(8-10)18(23,24)25/h1-4,7-9H,5-6H2,(H,26,28)(H,27,29). The van der Waals surface area contributed by atoms with E-state index in [2.05, 4.69) is 10.6 Å². The Hall–Kier alpha value is -2.75. The summed E-state index contributed by atoms with van der Waals surface area (Å²) < 4.78 is 77.0. The molecule has 2 aromatic rings. The van der Waals surface area contributed by atoms with E-state index in [9.17, 15) is 35.9 Å². The van der Waals surface area contributed by atoms with Gasteiger partial charge in [-0.3, -0.25) is 9.59 Å². The second-order valence-electron chi connectivity index (χ2n) is 5.79. The minimum atomic E-state index is -5.06. The second-order valence-corrected chi connectivity index (χ2v) is 6.19. The molecule has 0 bridgehead atoms. The van der Waals surface area contributed by atoms with Crippen molar-refractivity contribution in [2.75, 3.05) is 13.1 Å². The van der Waals surface area contributed by atoms with E-state index < -0.39 is 40.9 Å². The highest BCUT2D eigenvalue weighted by molar-refractivity contribution is 6.33. The molecule has 0 aliphatic heterocycles. The molecule has 2 aromatic carbocycles. The fraction of sp³-hybridized carbons (Fsp3) is 0.222. The summed E-state index contributed by atoms with van der Waals surface area (Å²) in [5.74, 6) is -1.70. The fourth-order valence-corrected chi connectivity index (χ4v) is 2.50. The molecule has 29 heavy (non-hydrogen) atoms. The van der Waals surface area contributed by atoms with Crippen LogP contribution >= 0.6 is 11.6 Å². The lowest BCUT2D eigenvalue weighted by atomic mass is 10.0. The van der Waals surface area contributed by atoms with Gasteiger partial charge < -0.3 is 10.6 Å². The summed E-state index contributed by atoms with van der Waals surface area (Å²) in [5, 5.41) is 4.77. The highest BCUT2D eigenvalue weighted by Crippen LogP contribution is 2.36. The number of halogens is 7. The van der Waals surface area contributed by atoms with Gasteiger partial charge in [-0.25, -0.2) is 0 Å². The van der Waals surface area contributed by atoms with Crippen LogP contribution < -0.4 is 10.6 Å². The van der Waals surface area contributed by atoms with Gasteiger partial charge in [-0.1, -0.05) is 23.7 Å². The van der Waals surface area contributed by atoms with E-state index in [4.69, 9.17) is 11.6 Å². The maximum atomic E-state index is 12.8. The van der Waals surface area contributed by atoms with Crippen molar-refractivity contribution >= 4 is 23.4 Å². The maximum Gasteiger partial charge on any atom is 0.416 e. The molecule has 2 amide bonds. The van der Waals surface area contributed by atoms with Gasteiger partial charge in [0.2, 0.25) is 0 Å². The summed E-state index contributed by atoms with van der Waals surface area (Å²) in [6, 6.07) is 6.72. The largest absolute Gasteiger partial charge is 0.416 e. The van der Waals surface area contributed by atoms with Gasteiger partial charge in [0, 0.05) is 18.7 Å². The van der Waals surface area contributed by atoms with Gasteiger partial charge in [0.05, 0.1) is 21.7 Å². The predicted molar refractivity (Wildman–Crippen MR) is 92.6 cm³/mol. The summed E-state index contributed by atoms with van der Waals surface area (Å²) >= 11 is 5.85. The molecule has 0 unspecified atom stereocenters. The Balaban J connectivity index is 2.03. The fourth-order valence-electron chi connectivity index (χ4n) is 2.28. The Labute approximate surface area is 165 Å². The van der Waals surface area contributed by atoms with Crippen molar-refractivity contribution in [2.24, 2.45) is 0 Å². The molecule has 0 saturated carbocycles. The molecule has 0 aliphatic carbocycles. The molecule has 0 heterocycles. The minimum Gasteiger partial charge on any atom is -0.350 e. The Kier molecular flexibility index (Phi) is 6.78. The zero-order valence-electron chi connectivity index (χ0n) is 14.4. The lowest BCUT2D eigenvalue weighted by molar-refractivity contribution is -0.143. The molecular formula is C18H13ClF6N2O2. The summed E-state index contributed by atoms with van der Waals surface area (Å²) in [5.41, 5.74) is -3.81.